The Hall–Kier alpha value is -1.50. The summed E-state index contributed by atoms with van der Waals surface area (Å²) >= 11 is 0. The van der Waals surface area contributed by atoms with Crippen molar-refractivity contribution in [3.8, 4) is 6.07 Å². The average molecular weight is 219 g/mol. The number of halogens is 3. The van der Waals surface area contributed by atoms with Crippen LogP contribution in [-0.4, -0.2) is 7.18 Å². The molecule has 0 unspecified atom stereocenters. The minimum Gasteiger partial charge on any atom is -0.255 e. The number of nitrogens with zero attached hydrogens (tertiary/aromatic N) is 1. The van der Waals surface area contributed by atoms with E-state index in [-0.39, 0.29) is 0 Å². The Morgan fingerprint density at radius 2 is 1.47 bits per heavy atom. The molecule has 15 heavy (non-hydrogen) atoms. The zero-order valence-electron chi connectivity index (χ0n) is 9.39. The van der Waals surface area contributed by atoms with Crippen molar-refractivity contribution in [3.05, 3.63) is 35.4 Å². The molecule has 0 aliphatic carbocycles. The topological polar surface area (TPSA) is 23.8 Å². The van der Waals surface area contributed by atoms with Crippen LogP contribution < -0.4 is 0 Å². The summed E-state index contributed by atoms with van der Waals surface area (Å²) in [7, 11) is 0.500. The molecular weight excluding hydrogens is 203 g/mol. The van der Waals surface area contributed by atoms with Crippen LogP contribution in [0.25, 0.3) is 0 Å². The second kappa shape index (κ2) is 18.3. The van der Waals surface area contributed by atoms with Crippen LogP contribution in [0.4, 0.5) is 13.5 Å². The third-order valence-electron chi connectivity index (χ3n) is 1.27. The highest BCUT2D eigenvalue weighted by Gasteiger charge is 1.89. The summed E-state index contributed by atoms with van der Waals surface area (Å²) in [4.78, 5) is 0. The molecule has 1 aromatic rings. The van der Waals surface area contributed by atoms with Gasteiger partial charge in [-0.2, -0.15) is 5.26 Å². The number of nitriles is 1. The first-order valence-electron chi connectivity index (χ1n) is 4.32. The van der Waals surface area contributed by atoms with Crippen molar-refractivity contribution in [2.75, 3.05) is 7.18 Å². The van der Waals surface area contributed by atoms with E-state index in [4.69, 9.17) is 14.4 Å². The van der Waals surface area contributed by atoms with Crippen LogP contribution in [0.1, 0.15) is 25.0 Å². The van der Waals surface area contributed by atoms with Crippen molar-refractivity contribution >= 4 is 0 Å². The molecule has 0 saturated carbocycles. The van der Waals surface area contributed by atoms with Gasteiger partial charge in [-0.05, 0) is 18.6 Å². The summed E-state index contributed by atoms with van der Waals surface area (Å²) in [6, 6.07) is 9.63. The van der Waals surface area contributed by atoms with Gasteiger partial charge in [0.05, 0.1) is 18.8 Å². The standard InChI is InChI=1S/C8H7N.C2H6.CH3F.F2/c1-7-4-2-3-5-8(7)6-9;3*1-2/h2-5H,1H3;1-2H3;1H3;. The molecule has 1 rings (SSSR count). The number of rotatable bonds is 0. The zero-order chi connectivity index (χ0) is 12.7. The summed E-state index contributed by atoms with van der Waals surface area (Å²) in [5.41, 5.74) is 1.80. The lowest BCUT2D eigenvalue weighted by atomic mass is 10.1. The fraction of sp³-hybridized carbons (Fsp3) is 0.364. The normalized spacial score (nSPS) is 6.27. The third kappa shape index (κ3) is 10.4. The van der Waals surface area contributed by atoms with Crippen LogP contribution in [0, 0.1) is 18.3 Å². The molecule has 0 radical (unpaired) electrons. The van der Waals surface area contributed by atoms with E-state index in [1.165, 1.54) is 0 Å². The van der Waals surface area contributed by atoms with Crippen molar-refractivity contribution in [1.82, 2.24) is 0 Å². The minimum absolute atomic E-state index is 0.500. The van der Waals surface area contributed by atoms with E-state index in [9.17, 15) is 4.39 Å². The van der Waals surface area contributed by atoms with E-state index >= 15 is 0 Å². The highest BCUT2D eigenvalue weighted by atomic mass is 20.0. The lowest BCUT2D eigenvalue weighted by molar-refractivity contribution is 0.108. The Labute approximate surface area is 89.0 Å². The van der Waals surface area contributed by atoms with Crippen molar-refractivity contribution in [1.29, 1.82) is 5.26 Å². The first-order valence-corrected chi connectivity index (χ1v) is 4.32. The molecule has 0 aliphatic rings. The molecule has 0 atom stereocenters. The third-order valence-corrected chi connectivity index (χ3v) is 1.27. The number of alkyl halides is 1. The predicted molar refractivity (Wildman–Crippen MR) is 56.5 cm³/mol. The van der Waals surface area contributed by atoms with E-state index in [1.54, 1.807) is 0 Å². The molecule has 1 aromatic carbocycles. The van der Waals surface area contributed by atoms with Gasteiger partial charge >= 0.3 is 0 Å². The lowest BCUT2D eigenvalue weighted by Gasteiger charge is -1.90. The fourth-order valence-corrected chi connectivity index (χ4v) is 0.698. The van der Waals surface area contributed by atoms with Crippen molar-refractivity contribution < 1.29 is 13.5 Å². The maximum absolute atomic E-state index is 9.50. The Morgan fingerprint density at radius 3 is 1.73 bits per heavy atom. The maximum atomic E-state index is 9.50. The highest BCUT2D eigenvalue weighted by molar-refractivity contribution is 5.35. The lowest BCUT2D eigenvalue weighted by Crippen LogP contribution is -1.77. The van der Waals surface area contributed by atoms with Crippen LogP contribution in [0.5, 0.6) is 0 Å². The second-order valence-electron chi connectivity index (χ2n) is 1.93. The zero-order valence-corrected chi connectivity index (χ0v) is 9.39. The van der Waals surface area contributed by atoms with Crippen LogP contribution in [-0.2, 0) is 0 Å². The van der Waals surface area contributed by atoms with E-state index in [2.05, 4.69) is 6.07 Å². The van der Waals surface area contributed by atoms with E-state index in [0.29, 0.717) is 7.18 Å². The highest BCUT2D eigenvalue weighted by Crippen LogP contribution is 2.03. The maximum Gasteiger partial charge on any atom is 0.0994 e. The van der Waals surface area contributed by atoms with Crippen LogP contribution in [0.3, 0.4) is 0 Å². The van der Waals surface area contributed by atoms with Gasteiger partial charge in [-0.1, -0.05) is 32.0 Å². The van der Waals surface area contributed by atoms with Crippen LogP contribution in [0.2, 0.25) is 0 Å². The molecule has 0 spiro atoms. The van der Waals surface area contributed by atoms with Gasteiger partial charge in [-0.25, -0.2) is 0 Å². The molecule has 0 amide bonds. The molecule has 0 aromatic heterocycles. The molecular formula is C11H16F3N. The van der Waals surface area contributed by atoms with Gasteiger partial charge in [0.25, 0.3) is 0 Å². The smallest absolute Gasteiger partial charge is 0.0994 e. The monoisotopic (exact) mass is 219 g/mol. The molecule has 0 bridgehead atoms. The summed E-state index contributed by atoms with van der Waals surface area (Å²) in [6.07, 6.45) is 0. The molecule has 0 N–H and O–H groups in total. The van der Waals surface area contributed by atoms with Gasteiger partial charge in [-0.15, -0.1) is 0 Å². The summed E-state index contributed by atoms with van der Waals surface area (Å²) in [5.74, 6) is 0. The summed E-state index contributed by atoms with van der Waals surface area (Å²) in [6.45, 7) is 5.93. The van der Waals surface area contributed by atoms with Crippen molar-refractivity contribution in [2.24, 2.45) is 0 Å². The second-order valence-corrected chi connectivity index (χ2v) is 1.93. The average Bonchev–Trinajstić information content (AvgIpc) is 2.37. The predicted octanol–water partition coefficient (Wildman–Crippen LogP) is 4.32. The molecule has 0 aliphatic heterocycles. The molecule has 0 fully saturated rings. The van der Waals surface area contributed by atoms with Gasteiger partial charge in [0, 0.05) is 9.15 Å². The van der Waals surface area contributed by atoms with Crippen LogP contribution in [0.15, 0.2) is 24.3 Å². The molecule has 86 valence electrons. The van der Waals surface area contributed by atoms with Crippen molar-refractivity contribution in [2.45, 2.75) is 20.8 Å². The molecule has 1 nitrogen and oxygen atoms in total. The van der Waals surface area contributed by atoms with Gasteiger partial charge in [0.2, 0.25) is 0 Å². The van der Waals surface area contributed by atoms with Gasteiger partial charge in [-0.3, -0.25) is 4.39 Å². The van der Waals surface area contributed by atoms with E-state index in [1.807, 2.05) is 45.0 Å². The summed E-state index contributed by atoms with van der Waals surface area (Å²) in [5, 5.41) is 8.47. The Bertz CT molecular complexity index is 256. The largest absolute Gasteiger partial charge is 0.255 e. The Morgan fingerprint density at radius 1 is 1.07 bits per heavy atom. The molecule has 0 saturated heterocycles. The van der Waals surface area contributed by atoms with E-state index in [0.717, 1.165) is 11.1 Å². The van der Waals surface area contributed by atoms with Crippen molar-refractivity contribution in [3.63, 3.8) is 0 Å². The van der Waals surface area contributed by atoms with Crippen LogP contribution >= 0.6 is 0 Å². The quantitative estimate of drug-likeness (QED) is 0.637. The first kappa shape index (κ1) is 19.1. The summed E-state index contributed by atoms with van der Waals surface area (Å²) < 4.78 is 25.5. The first-order chi connectivity index (χ1) is 7.34. The number of aryl methyl sites for hydroxylation is 1. The Kier molecular flexibility index (Phi) is 23.4. The molecule has 4 heteroatoms. The minimum atomic E-state index is 0.500. The number of hydrogen-bond acceptors (Lipinski definition) is 1. The Balaban J connectivity index is -0.000000208. The SMILES string of the molecule is CC.CF.Cc1ccccc1C#N.FF. The fourth-order valence-electron chi connectivity index (χ4n) is 0.698. The van der Waals surface area contributed by atoms with Gasteiger partial charge in [0.15, 0.2) is 0 Å². The van der Waals surface area contributed by atoms with Gasteiger partial charge < -0.3 is 0 Å². The number of benzene rings is 1. The van der Waals surface area contributed by atoms with E-state index < -0.39 is 0 Å². The number of hydrogen-bond donors (Lipinski definition) is 0. The molecule has 0 heterocycles. The van der Waals surface area contributed by atoms with Gasteiger partial charge in [0.1, 0.15) is 0 Å².